The lowest BCUT2D eigenvalue weighted by molar-refractivity contribution is -0.137. The van der Waals surface area contributed by atoms with E-state index in [0.29, 0.717) is 17.3 Å². The third-order valence-corrected chi connectivity index (χ3v) is 5.00. The van der Waals surface area contributed by atoms with Crippen LogP contribution < -0.4 is 4.74 Å². The molecule has 2 aromatic rings. The molecule has 1 fully saturated rings. The third-order valence-electron chi connectivity index (χ3n) is 4.80. The Balaban J connectivity index is 1.42. The van der Waals surface area contributed by atoms with E-state index in [1.165, 1.54) is 12.1 Å². The summed E-state index contributed by atoms with van der Waals surface area (Å²) in [5, 5.41) is 0. The number of likely N-dealkylation sites (tertiary alicyclic amines) is 1. The van der Waals surface area contributed by atoms with Crippen molar-refractivity contribution in [2.24, 2.45) is 0 Å². The quantitative estimate of drug-likeness (QED) is 0.561. The van der Waals surface area contributed by atoms with Gasteiger partial charge in [-0.05, 0) is 62.1 Å². The Bertz CT molecular complexity index is 801. The van der Waals surface area contributed by atoms with Gasteiger partial charge in [0.15, 0.2) is 10.7 Å². The summed E-state index contributed by atoms with van der Waals surface area (Å²) in [6.07, 6.45) is -0.0575. The van der Waals surface area contributed by atoms with E-state index in [1.54, 1.807) is 12.3 Å². The van der Waals surface area contributed by atoms with Crippen molar-refractivity contribution in [3.63, 3.8) is 0 Å². The van der Waals surface area contributed by atoms with Crippen molar-refractivity contribution in [1.29, 1.82) is 0 Å². The van der Waals surface area contributed by atoms with Crippen molar-refractivity contribution in [2.75, 3.05) is 26.2 Å². The number of piperidine rings is 1. The average molecular weight is 397 g/mol. The van der Waals surface area contributed by atoms with Crippen LogP contribution in [-0.2, 0) is 6.18 Å². The number of nitrogens with one attached hydrogen (secondary N) is 1. The van der Waals surface area contributed by atoms with Crippen LogP contribution in [0.15, 0.2) is 36.5 Å². The summed E-state index contributed by atoms with van der Waals surface area (Å²) in [6, 6.07) is 7.48. The normalized spacial score (nSPS) is 16.4. The minimum atomic E-state index is -4.28. The fraction of sp³-hybridized carbons (Fsp3) is 0.474. The summed E-state index contributed by atoms with van der Waals surface area (Å²) in [4.78, 5) is 9.11. The number of halogens is 3. The molecular formula is C19H22F3N3OS. The number of aromatic amines is 1. The van der Waals surface area contributed by atoms with Gasteiger partial charge < -0.3 is 14.6 Å². The summed E-state index contributed by atoms with van der Waals surface area (Å²) in [5.74, 6) is 0.801. The molecule has 1 N–H and O–H groups in total. The molecule has 0 aliphatic carbocycles. The number of nitrogens with zero attached hydrogens (tertiary/aromatic N) is 2. The van der Waals surface area contributed by atoms with Gasteiger partial charge in [-0.2, -0.15) is 13.2 Å². The molecule has 1 aromatic heterocycles. The zero-order valence-corrected chi connectivity index (χ0v) is 15.7. The third kappa shape index (κ3) is 5.77. The lowest BCUT2D eigenvalue weighted by Crippen LogP contribution is -2.34. The van der Waals surface area contributed by atoms with E-state index < -0.39 is 11.7 Å². The summed E-state index contributed by atoms with van der Waals surface area (Å²) < 4.78 is 44.7. The van der Waals surface area contributed by atoms with Crippen molar-refractivity contribution in [3.8, 4) is 5.88 Å². The van der Waals surface area contributed by atoms with Gasteiger partial charge >= 0.3 is 6.18 Å². The molecule has 0 saturated carbocycles. The molecule has 2 heterocycles. The molecule has 27 heavy (non-hydrogen) atoms. The second kappa shape index (κ2) is 8.84. The van der Waals surface area contributed by atoms with E-state index in [4.69, 9.17) is 17.0 Å². The molecule has 1 saturated heterocycles. The highest BCUT2D eigenvalue weighted by Gasteiger charge is 2.31. The lowest BCUT2D eigenvalue weighted by Gasteiger charge is -2.32. The molecule has 1 aliphatic heterocycles. The second-order valence-corrected chi connectivity index (χ2v) is 7.07. The number of hydrogen-bond acceptors (Lipinski definition) is 4. The predicted octanol–water partition coefficient (Wildman–Crippen LogP) is 4.81. The molecular weight excluding hydrogens is 375 g/mol. The molecule has 1 aliphatic rings. The Labute approximate surface area is 161 Å². The summed E-state index contributed by atoms with van der Waals surface area (Å²) in [5.41, 5.74) is 0.232. The van der Waals surface area contributed by atoms with Crippen molar-refractivity contribution in [2.45, 2.75) is 31.4 Å². The molecule has 0 unspecified atom stereocenters. The first-order chi connectivity index (χ1) is 12.9. The maximum absolute atomic E-state index is 12.9. The van der Waals surface area contributed by atoms with Crippen LogP contribution in [0.4, 0.5) is 13.2 Å². The Kier molecular flexibility index (Phi) is 6.49. The van der Waals surface area contributed by atoms with Crippen LogP contribution in [0.3, 0.4) is 0 Å². The van der Waals surface area contributed by atoms with Crippen molar-refractivity contribution in [3.05, 3.63) is 52.4 Å². The van der Waals surface area contributed by atoms with Gasteiger partial charge in [-0.3, -0.25) is 0 Å². The zero-order valence-electron chi connectivity index (χ0n) is 14.8. The molecule has 4 nitrogen and oxygen atoms in total. The van der Waals surface area contributed by atoms with Crippen LogP contribution >= 0.6 is 12.2 Å². The fourth-order valence-electron chi connectivity index (χ4n) is 3.37. The highest BCUT2D eigenvalue weighted by atomic mass is 32.1. The number of alkyl halides is 3. The molecule has 0 atom stereocenters. The van der Waals surface area contributed by atoms with Gasteiger partial charge in [0.1, 0.15) is 0 Å². The lowest BCUT2D eigenvalue weighted by atomic mass is 9.88. The largest absolute Gasteiger partial charge is 0.479 e. The minimum Gasteiger partial charge on any atom is -0.479 e. The molecule has 0 amide bonds. The van der Waals surface area contributed by atoms with Crippen LogP contribution in [0.2, 0.25) is 0 Å². The number of rotatable bonds is 6. The number of benzene rings is 1. The van der Waals surface area contributed by atoms with Gasteiger partial charge in [-0.25, -0.2) is 4.98 Å². The summed E-state index contributed by atoms with van der Waals surface area (Å²) in [6.45, 7) is 3.25. The van der Waals surface area contributed by atoms with Crippen LogP contribution in [0.5, 0.6) is 5.88 Å². The standard InChI is InChI=1S/C19H22F3N3OS/c20-19(21,22)16-4-1-3-15(13-16)14-6-10-25(11-7-14)9-2-12-26-17-5-8-23-18(27)24-17/h1,3-5,8,13-14H,2,6-7,9-12H2,(H,23,24,27). The van der Waals surface area contributed by atoms with Gasteiger partial charge in [0.2, 0.25) is 0 Å². The molecule has 0 bridgehead atoms. The van der Waals surface area contributed by atoms with Gasteiger partial charge in [0, 0.05) is 18.8 Å². The molecule has 8 heteroatoms. The van der Waals surface area contributed by atoms with Crippen molar-refractivity contribution in [1.82, 2.24) is 14.9 Å². The molecule has 0 radical (unpaired) electrons. The summed E-state index contributed by atoms with van der Waals surface area (Å²) >= 11 is 4.94. The van der Waals surface area contributed by atoms with Crippen LogP contribution in [0.25, 0.3) is 0 Å². The SMILES string of the molecule is FC(F)(F)c1cccc(C2CCN(CCCOc3ccnc(=S)[nH]3)CC2)c1. The van der Waals surface area contributed by atoms with Crippen LogP contribution in [-0.4, -0.2) is 41.1 Å². The number of hydrogen-bond donors (Lipinski definition) is 1. The summed E-state index contributed by atoms with van der Waals surface area (Å²) in [7, 11) is 0. The Morgan fingerprint density at radius 3 is 2.70 bits per heavy atom. The van der Waals surface area contributed by atoms with Gasteiger partial charge in [0.25, 0.3) is 0 Å². The van der Waals surface area contributed by atoms with E-state index in [0.717, 1.165) is 50.5 Å². The smallest absolute Gasteiger partial charge is 0.416 e. The Morgan fingerprint density at radius 1 is 1.22 bits per heavy atom. The predicted molar refractivity (Wildman–Crippen MR) is 99.4 cm³/mol. The maximum Gasteiger partial charge on any atom is 0.416 e. The van der Waals surface area contributed by atoms with Crippen molar-refractivity contribution < 1.29 is 17.9 Å². The van der Waals surface area contributed by atoms with Gasteiger partial charge in [-0.15, -0.1) is 0 Å². The molecule has 1 aromatic carbocycles. The topological polar surface area (TPSA) is 41.1 Å². The van der Waals surface area contributed by atoms with Crippen LogP contribution in [0, 0.1) is 4.77 Å². The van der Waals surface area contributed by atoms with E-state index in [2.05, 4.69) is 14.9 Å². The first-order valence-electron chi connectivity index (χ1n) is 8.99. The number of ether oxygens (including phenoxy) is 1. The van der Waals surface area contributed by atoms with Crippen LogP contribution in [0.1, 0.15) is 36.3 Å². The number of aromatic nitrogens is 2. The highest BCUT2D eigenvalue weighted by molar-refractivity contribution is 7.71. The maximum atomic E-state index is 12.9. The Hall–Kier alpha value is -1.93. The van der Waals surface area contributed by atoms with Gasteiger partial charge in [-0.1, -0.05) is 18.2 Å². The van der Waals surface area contributed by atoms with Gasteiger partial charge in [0.05, 0.1) is 12.2 Å². The molecule has 0 spiro atoms. The average Bonchev–Trinajstić information content (AvgIpc) is 2.65. The first kappa shape index (κ1) is 19.8. The Morgan fingerprint density at radius 2 is 2.00 bits per heavy atom. The molecule has 146 valence electrons. The minimum absolute atomic E-state index is 0.191. The zero-order chi connectivity index (χ0) is 19.3. The monoisotopic (exact) mass is 397 g/mol. The highest BCUT2D eigenvalue weighted by Crippen LogP contribution is 2.34. The van der Waals surface area contributed by atoms with Crippen molar-refractivity contribution >= 4 is 12.2 Å². The van der Waals surface area contributed by atoms with E-state index in [9.17, 15) is 13.2 Å². The van der Waals surface area contributed by atoms with E-state index >= 15 is 0 Å². The van der Waals surface area contributed by atoms with E-state index in [-0.39, 0.29) is 5.92 Å². The molecule has 3 rings (SSSR count). The first-order valence-corrected chi connectivity index (χ1v) is 9.40. The second-order valence-electron chi connectivity index (χ2n) is 6.68. The number of H-pyrrole nitrogens is 1. The fourth-order valence-corrected chi connectivity index (χ4v) is 3.53. The van der Waals surface area contributed by atoms with E-state index in [1.807, 2.05) is 6.07 Å².